The molecular weight excluding hydrogens is 348 g/mol. The molecule has 1 aromatic carbocycles. The van der Waals surface area contributed by atoms with Crippen LogP contribution in [0.3, 0.4) is 0 Å². The van der Waals surface area contributed by atoms with Gasteiger partial charge in [0.05, 0.1) is 28.2 Å². The lowest BCUT2D eigenvalue weighted by Gasteiger charge is -2.37. The van der Waals surface area contributed by atoms with Crippen LogP contribution in [0.5, 0.6) is 0 Å². The van der Waals surface area contributed by atoms with Gasteiger partial charge in [0.1, 0.15) is 5.84 Å². The molecule has 130 valence electrons. The predicted molar refractivity (Wildman–Crippen MR) is 101 cm³/mol. The summed E-state index contributed by atoms with van der Waals surface area (Å²) in [5, 5.41) is 11.2. The molecule has 2 aromatic rings. The lowest BCUT2D eigenvalue weighted by molar-refractivity contribution is -0.420. The maximum absolute atomic E-state index is 11.2. The molecule has 0 amide bonds. The molecule has 2 aliphatic rings. The molecule has 0 saturated heterocycles. The Hall–Kier alpha value is -2.93. The van der Waals surface area contributed by atoms with Crippen molar-refractivity contribution in [1.82, 2.24) is 9.88 Å². The summed E-state index contributed by atoms with van der Waals surface area (Å²) in [6.07, 6.45) is 7.28. The Bertz CT molecular complexity index is 896. The third kappa shape index (κ3) is 3.39. The van der Waals surface area contributed by atoms with Crippen LogP contribution in [-0.2, 0) is 0 Å². The smallest absolute Gasteiger partial charge is 0.285 e. The van der Waals surface area contributed by atoms with E-state index in [-0.39, 0.29) is 22.0 Å². The number of pyridine rings is 1. The second-order valence-electron chi connectivity index (χ2n) is 5.93. The summed E-state index contributed by atoms with van der Waals surface area (Å²) in [7, 11) is 0. The number of fused-ring (bicyclic) bond motifs is 1. The Kier molecular flexibility index (Phi) is 4.53. The van der Waals surface area contributed by atoms with Crippen LogP contribution in [0.15, 0.2) is 88.7 Å². The van der Waals surface area contributed by atoms with Crippen LogP contribution in [0, 0.1) is 10.1 Å². The second-order valence-corrected chi connectivity index (χ2v) is 7.18. The lowest BCUT2D eigenvalue weighted by atomic mass is 10.1. The van der Waals surface area contributed by atoms with Crippen LogP contribution in [0.4, 0.5) is 0 Å². The molecule has 2 aliphatic heterocycles. The van der Waals surface area contributed by atoms with Crippen molar-refractivity contribution in [3.63, 3.8) is 0 Å². The number of thioether (sulfide) groups is 1. The van der Waals surface area contributed by atoms with Crippen molar-refractivity contribution >= 4 is 17.6 Å². The number of amidine groups is 1. The highest BCUT2D eigenvalue weighted by atomic mass is 32.2. The van der Waals surface area contributed by atoms with E-state index < -0.39 is 0 Å². The van der Waals surface area contributed by atoms with Crippen molar-refractivity contribution in [1.29, 1.82) is 0 Å². The summed E-state index contributed by atoms with van der Waals surface area (Å²) in [5.41, 5.74) is 0.981. The molecule has 0 saturated carbocycles. The van der Waals surface area contributed by atoms with Gasteiger partial charge in [-0.15, -0.1) is 11.8 Å². The zero-order chi connectivity index (χ0) is 17.9. The van der Waals surface area contributed by atoms with Gasteiger partial charge in [-0.3, -0.25) is 20.1 Å². The summed E-state index contributed by atoms with van der Waals surface area (Å²) in [5.74, 6) is 0.728. The average Bonchev–Trinajstić information content (AvgIpc) is 2.69. The Balaban J connectivity index is 1.69. The number of aromatic nitrogens is 1. The van der Waals surface area contributed by atoms with Gasteiger partial charge in [0.25, 0.3) is 5.70 Å². The molecule has 3 heterocycles. The molecule has 4 rings (SSSR count). The van der Waals surface area contributed by atoms with E-state index in [0.29, 0.717) is 0 Å². The van der Waals surface area contributed by atoms with Crippen LogP contribution >= 0.6 is 11.8 Å². The Labute approximate surface area is 155 Å². The highest BCUT2D eigenvalue weighted by Crippen LogP contribution is 2.38. The molecule has 0 spiro atoms. The van der Waals surface area contributed by atoms with Crippen molar-refractivity contribution in [2.24, 2.45) is 4.99 Å². The minimum Gasteiger partial charge on any atom is -0.314 e. The normalized spacial score (nSPS) is 21.6. The van der Waals surface area contributed by atoms with Crippen molar-refractivity contribution < 1.29 is 4.92 Å². The average molecular weight is 364 g/mol. The number of nitrogens with zero attached hydrogens (tertiary/aromatic N) is 4. The van der Waals surface area contributed by atoms with Crippen molar-refractivity contribution in [3.8, 4) is 0 Å². The highest BCUT2D eigenvalue weighted by molar-refractivity contribution is 7.99. The van der Waals surface area contributed by atoms with Gasteiger partial charge < -0.3 is 4.90 Å². The molecule has 0 bridgehead atoms. The molecule has 0 radical (unpaired) electrons. The largest absolute Gasteiger partial charge is 0.314 e. The van der Waals surface area contributed by atoms with Crippen LogP contribution in [-0.4, -0.2) is 26.0 Å². The highest BCUT2D eigenvalue weighted by Gasteiger charge is 2.33. The van der Waals surface area contributed by atoms with Gasteiger partial charge in [0, 0.05) is 23.6 Å². The van der Waals surface area contributed by atoms with Gasteiger partial charge in [-0.25, -0.2) is 0 Å². The van der Waals surface area contributed by atoms with Crippen molar-refractivity contribution in [2.45, 2.75) is 22.7 Å². The first-order valence-corrected chi connectivity index (χ1v) is 9.12. The molecule has 6 nitrogen and oxygen atoms in total. The molecule has 7 heteroatoms. The van der Waals surface area contributed by atoms with E-state index in [1.165, 1.54) is 6.08 Å². The topological polar surface area (TPSA) is 71.6 Å². The van der Waals surface area contributed by atoms with Crippen molar-refractivity contribution in [2.75, 3.05) is 0 Å². The molecular formula is C19H16N4O2S. The molecule has 2 atom stereocenters. The Morgan fingerprint density at radius 2 is 1.92 bits per heavy atom. The quantitative estimate of drug-likeness (QED) is 0.605. The van der Waals surface area contributed by atoms with E-state index in [1.54, 1.807) is 30.2 Å². The third-order valence-corrected chi connectivity index (χ3v) is 5.45. The summed E-state index contributed by atoms with van der Waals surface area (Å²) >= 11 is 1.68. The van der Waals surface area contributed by atoms with Crippen LogP contribution in [0.25, 0.3) is 0 Å². The maximum atomic E-state index is 11.2. The van der Waals surface area contributed by atoms with Gasteiger partial charge >= 0.3 is 0 Å². The lowest BCUT2D eigenvalue weighted by Crippen LogP contribution is -2.40. The Morgan fingerprint density at radius 3 is 2.65 bits per heavy atom. The number of hydrogen-bond acceptors (Lipinski definition) is 6. The van der Waals surface area contributed by atoms with E-state index in [0.717, 1.165) is 22.8 Å². The van der Waals surface area contributed by atoms with Gasteiger partial charge in [-0.05, 0) is 30.3 Å². The first-order valence-electron chi connectivity index (χ1n) is 8.24. The van der Waals surface area contributed by atoms with Gasteiger partial charge in [0.15, 0.2) is 0 Å². The van der Waals surface area contributed by atoms with Gasteiger partial charge in [-0.1, -0.05) is 24.3 Å². The number of nitro groups is 1. The number of hydrogen-bond donors (Lipinski definition) is 0. The van der Waals surface area contributed by atoms with Crippen LogP contribution in [0.2, 0.25) is 0 Å². The van der Waals surface area contributed by atoms with Gasteiger partial charge in [0.2, 0.25) is 0 Å². The van der Waals surface area contributed by atoms with E-state index >= 15 is 0 Å². The first-order chi connectivity index (χ1) is 12.7. The third-order valence-electron chi connectivity index (χ3n) is 4.22. The number of allylic oxidation sites excluding steroid dienone is 1. The second kappa shape index (κ2) is 7.13. The minimum absolute atomic E-state index is 0.00296. The van der Waals surface area contributed by atoms with Crippen molar-refractivity contribution in [3.05, 3.63) is 94.6 Å². The standard InChI is InChI=1S/C19H16N4O2S/c24-23(25)14-9-10-18-21-17(16-8-4-5-11-20-16)12-19(22(18)13-14)26-15-6-2-1-3-7-15/h1-11,13,17,19H,12H2. The molecule has 2 unspecified atom stereocenters. The number of aliphatic imine (C=N–C) groups is 1. The van der Waals surface area contributed by atoms with E-state index in [1.807, 2.05) is 53.4 Å². The number of rotatable bonds is 4. The zero-order valence-corrected chi connectivity index (χ0v) is 14.6. The molecule has 0 N–H and O–H groups in total. The fourth-order valence-corrected chi connectivity index (χ4v) is 4.17. The summed E-state index contributed by atoms with van der Waals surface area (Å²) in [6.45, 7) is 0. The zero-order valence-electron chi connectivity index (χ0n) is 13.8. The fourth-order valence-electron chi connectivity index (χ4n) is 2.98. The maximum Gasteiger partial charge on any atom is 0.285 e. The molecule has 26 heavy (non-hydrogen) atoms. The monoisotopic (exact) mass is 364 g/mol. The first kappa shape index (κ1) is 16.5. The number of benzene rings is 1. The SMILES string of the molecule is O=[N+]([O-])C1=CN2C(=NC(c3ccccn3)CC2Sc2ccccc2)C=C1. The van der Waals surface area contributed by atoms with E-state index in [4.69, 9.17) is 4.99 Å². The van der Waals surface area contributed by atoms with Crippen LogP contribution < -0.4 is 0 Å². The molecule has 0 aliphatic carbocycles. The van der Waals surface area contributed by atoms with E-state index in [9.17, 15) is 10.1 Å². The molecule has 0 fully saturated rings. The minimum atomic E-state index is -0.373. The Morgan fingerprint density at radius 1 is 1.12 bits per heavy atom. The van der Waals surface area contributed by atoms with Gasteiger partial charge in [-0.2, -0.15) is 0 Å². The molecule has 1 aromatic heterocycles. The predicted octanol–water partition coefficient (Wildman–Crippen LogP) is 4.03. The summed E-state index contributed by atoms with van der Waals surface area (Å²) < 4.78 is 0. The van der Waals surface area contributed by atoms with Crippen LogP contribution in [0.1, 0.15) is 18.2 Å². The summed E-state index contributed by atoms with van der Waals surface area (Å²) in [4.78, 5) is 23.0. The fraction of sp³-hybridized carbons (Fsp3) is 0.158. The summed E-state index contributed by atoms with van der Waals surface area (Å²) in [6, 6.07) is 15.8. The van der Waals surface area contributed by atoms with E-state index in [2.05, 4.69) is 4.98 Å².